The van der Waals surface area contributed by atoms with Gasteiger partial charge in [0.15, 0.2) is 5.96 Å². The molecule has 5 nitrogen and oxygen atoms in total. The molecule has 122 valence electrons. The van der Waals surface area contributed by atoms with Crippen molar-refractivity contribution in [1.29, 1.82) is 0 Å². The van der Waals surface area contributed by atoms with Gasteiger partial charge in [-0.1, -0.05) is 6.42 Å². The van der Waals surface area contributed by atoms with E-state index in [9.17, 15) is 5.11 Å². The first-order valence-electron chi connectivity index (χ1n) is 8.35. The summed E-state index contributed by atoms with van der Waals surface area (Å²) in [5, 5.41) is 16.7. The number of hydrogen-bond donors (Lipinski definition) is 3. The van der Waals surface area contributed by atoms with Crippen molar-refractivity contribution in [3.8, 4) is 0 Å². The Morgan fingerprint density at radius 2 is 1.90 bits per heavy atom. The van der Waals surface area contributed by atoms with Crippen molar-refractivity contribution in [2.45, 2.75) is 57.5 Å². The summed E-state index contributed by atoms with van der Waals surface area (Å²) in [6.45, 7) is 5.18. The highest BCUT2D eigenvalue weighted by molar-refractivity contribution is 5.79. The monoisotopic (exact) mass is 297 g/mol. The van der Waals surface area contributed by atoms with Gasteiger partial charge in [-0.25, -0.2) is 0 Å². The summed E-state index contributed by atoms with van der Waals surface area (Å²) in [6, 6.07) is 0. The lowest BCUT2D eigenvalue weighted by molar-refractivity contribution is -0.0279. The van der Waals surface area contributed by atoms with Crippen molar-refractivity contribution in [1.82, 2.24) is 10.6 Å². The fourth-order valence-corrected chi connectivity index (χ4v) is 3.08. The number of ether oxygens (including phenoxy) is 1. The molecule has 0 spiro atoms. The molecule has 0 radical (unpaired) electrons. The molecule has 0 unspecified atom stereocenters. The summed E-state index contributed by atoms with van der Waals surface area (Å²) in [7, 11) is 1.76. The third-order valence-electron chi connectivity index (χ3n) is 5.04. The van der Waals surface area contributed by atoms with Gasteiger partial charge in [0, 0.05) is 33.4 Å². The maximum Gasteiger partial charge on any atom is 0.191 e. The molecule has 3 N–H and O–H groups in total. The molecule has 0 bridgehead atoms. The van der Waals surface area contributed by atoms with Gasteiger partial charge < -0.3 is 20.5 Å². The third-order valence-corrected chi connectivity index (χ3v) is 5.04. The first kappa shape index (κ1) is 16.6. The van der Waals surface area contributed by atoms with E-state index >= 15 is 0 Å². The second kappa shape index (κ2) is 7.45. The van der Waals surface area contributed by atoms with Crippen LogP contribution in [0.1, 0.15) is 51.9 Å². The Kier molecular flexibility index (Phi) is 5.88. The molecule has 0 amide bonds. The highest BCUT2D eigenvalue weighted by Gasteiger charge is 2.37. The second-order valence-corrected chi connectivity index (χ2v) is 6.72. The van der Waals surface area contributed by atoms with Crippen molar-refractivity contribution in [3.05, 3.63) is 0 Å². The Morgan fingerprint density at radius 1 is 1.19 bits per heavy atom. The number of rotatable bonds is 8. The Labute approximate surface area is 128 Å². The Morgan fingerprint density at radius 3 is 2.38 bits per heavy atom. The fraction of sp³-hybridized carbons (Fsp3) is 0.938. The minimum atomic E-state index is -0.513. The summed E-state index contributed by atoms with van der Waals surface area (Å²) in [5.74, 6) is 0.835. The molecule has 0 heterocycles. The van der Waals surface area contributed by atoms with E-state index in [0.717, 1.165) is 51.3 Å². The van der Waals surface area contributed by atoms with E-state index in [1.54, 1.807) is 7.11 Å². The molecule has 2 rings (SSSR count). The van der Waals surface area contributed by atoms with Crippen molar-refractivity contribution in [2.75, 3.05) is 33.4 Å². The quantitative estimate of drug-likeness (QED) is 0.471. The van der Waals surface area contributed by atoms with E-state index in [1.165, 1.54) is 19.3 Å². The zero-order valence-corrected chi connectivity index (χ0v) is 13.6. The molecule has 5 heteroatoms. The highest BCUT2D eigenvalue weighted by Crippen LogP contribution is 2.44. The second-order valence-electron chi connectivity index (χ2n) is 6.72. The smallest absolute Gasteiger partial charge is 0.191 e. The van der Waals surface area contributed by atoms with E-state index < -0.39 is 5.60 Å². The third kappa shape index (κ3) is 4.58. The number of aliphatic imine (C=N–C) groups is 1. The van der Waals surface area contributed by atoms with Crippen LogP contribution in [0.5, 0.6) is 0 Å². The van der Waals surface area contributed by atoms with Gasteiger partial charge >= 0.3 is 0 Å². The Hall–Kier alpha value is -0.810. The minimum Gasteiger partial charge on any atom is -0.388 e. The minimum absolute atomic E-state index is 0.339. The molecule has 0 aromatic heterocycles. The van der Waals surface area contributed by atoms with Gasteiger partial charge in [0.2, 0.25) is 0 Å². The molecular weight excluding hydrogens is 266 g/mol. The number of nitrogens with one attached hydrogen (secondary N) is 2. The average Bonchev–Trinajstić information content (AvgIpc) is 2.41. The molecule has 21 heavy (non-hydrogen) atoms. The van der Waals surface area contributed by atoms with E-state index in [-0.39, 0.29) is 0 Å². The van der Waals surface area contributed by atoms with Crippen LogP contribution >= 0.6 is 0 Å². The molecule has 2 saturated carbocycles. The van der Waals surface area contributed by atoms with E-state index in [1.807, 2.05) is 0 Å². The van der Waals surface area contributed by atoms with Crippen LogP contribution in [-0.4, -0.2) is 50.0 Å². The predicted molar refractivity (Wildman–Crippen MR) is 85.6 cm³/mol. The number of aliphatic hydroxyl groups is 1. The molecule has 0 saturated heterocycles. The fourth-order valence-electron chi connectivity index (χ4n) is 3.08. The molecule has 0 aromatic rings. The summed E-state index contributed by atoms with van der Waals surface area (Å²) < 4.78 is 5.23. The molecular formula is C16H31N3O2. The zero-order chi connectivity index (χ0) is 15.2. The highest BCUT2D eigenvalue weighted by atomic mass is 16.5. The Balaban J connectivity index is 1.83. The number of nitrogens with zero attached hydrogens (tertiary/aromatic N) is 1. The number of methoxy groups -OCH3 is 1. The lowest BCUT2D eigenvalue weighted by atomic mass is 9.67. The van der Waals surface area contributed by atoms with Crippen LogP contribution in [0.3, 0.4) is 0 Å². The maximum absolute atomic E-state index is 10.2. The number of guanidine groups is 1. The van der Waals surface area contributed by atoms with Gasteiger partial charge in [0.1, 0.15) is 0 Å². The normalized spacial score (nSPS) is 23.1. The van der Waals surface area contributed by atoms with Crippen molar-refractivity contribution in [2.24, 2.45) is 10.4 Å². The number of hydrogen-bond acceptors (Lipinski definition) is 3. The van der Waals surface area contributed by atoms with Gasteiger partial charge in [-0.3, -0.25) is 4.99 Å². The summed E-state index contributed by atoms with van der Waals surface area (Å²) >= 11 is 0. The predicted octanol–water partition coefficient (Wildman–Crippen LogP) is 1.66. The van der Waals surface area contributed by atoms with Gasteiger partial charge in [-0.2, -0.15) is 0 Å². The first-order valence-corrected chi connectivity index (χ1v) is 8.35. The van der Waals surface area contributed by atoms with Crippen LogP contribution in [-0.2, 0) is 4.74 Å². The van der Waals surface area contributed by atoms with E-state index in [2.05, 4.69) is 17.6 Å². The van der Waals surface area contributed by atoms with Gasteiger partial charge in [-0.15, -0.1) is 0 Å². The van der Waals surface area contributed by atoms with Crippen LogP contribution in [0.25, 0.3) is 0 Å². The van der Waals surface area contributed by atoms with Crippen LogP contribution in [0.4, 0.5) is 0 Å². The summed E-state index contributed by atoms with van der Waals surface area (Å²) in [5.41, 5.74) is -0.174. The summed E-state index contributed by atoms with van der Waals surface area (Å²) in [4.78, 5) is 4.75. The SMILES string of the molecule is CCNC(=NCC1(CCOC)CCC1)NCC1(O)CCC1. The average molecular weight is 297 g/mol. The van der Waals surface area contributed by atoms with Crippen LogP contribution < -0.4 is 10.6 Å². The van der Waals surface area contributed by atoms with Gasteiger partial charge in [0.05, 0.1) is 5.60 Å². The van der Waals surface area contributed by atoms with Crippen molar-refractivity contribution in [3.63, 3.8) is 0 Å². The summed E-state index contributed by atoms with van der Waals surface area (Å²) in [6.07, 6.45) is 7.84. The first-order chi connectivity index (χ1) is 10.1. The maximum atomic E-state index is 10.2. The van der Waals surface area contributed by atoms with Gasteiger partial charge in [-0.05, 0) is 50.9 Å². The molecule has 0 aromatic carbocycles. The largest absolute Gasteiger partial charge is 0.388 e. The molecule has 2 aliphatic carbocycles. The van der Waals surface area contributed by atoms with Crippen molar-refractivity contribution >= 4 is 5.96 Å². The van der Waals surface area contributed by atoms with E-state index in [4.69, 9.17) is 9.73 Å². The molecule has 2 fully saturated rings. The lowest BCUT2D eigenvalue weighted by Crippen LogP contribution is -2.51. The van der Waals surface area contributed by atoms with Gasteiger partial charge in [0.25, 0.3) is 0 Å². The van der Waals surface area contributed by atoms with Crippen LogP contribution in [0, 0.1) is 5.41 Å². The lowest BCUT2D eigenvalue weighted by Gasteiger charge is -2.41. The topological polar surface area (TPSA) is 65.9 Å². The zero-order valence-electron chi connectivity index (χ0n) is 13.6. The standard InChI is InChI=1S/C16H31N3O2/c1-3-17-14(19-13-16(20)8-5-9-16)18-12-15(6-4-7-15)10-11-21-2/h20H,3-13H2,1-2H3,(H2,17,18,19). The molecule has 0 aliphatic heterocycles. The van der Waals surface area contributed by atoms with Crippen molar-refractivity contribution < 1.29 is 9.84 Å². The van der Waals surface area contributed by atoms with Crippen LogP contribution in [0.15, 0.2) is 4.99 Å². The van der Waals surface area contributed by atoms with E-state index in [0.29, 0.717) is 12.0 Å². The molecule has 0 atom stereocenters. The Bertz CT molecular complexity index is 349. The van der Waals surface area contributed by atoms with Crippen LogP contribution in [0.2, 0.25) is 0 Å². The molecule has 2 aliphatic rings.